The zero-order valence-corrected chi connectivity index (χ0v) is 17.0. The van der Waals surface area contributed by atoms with Crippen molar-refractivity contribution in [3.05, 3.63) is 47.2 Å². The molecule has 0 saturated carbocycles. The average Bonchev–Trinajstić information content (AvgIpc) is 3.02. The normalized spacial score (nSPS) is 10.9. The lowest BCUT2D eigenvalue weighted by Gasteiger charge is -2.21. The number of hydrogen-bond donors (Lipinski definition) is 1. The number of aromatic nitrogens is 3. The number of methoxy groups -OCH3 is 1. The number of anilines is 1. The van der Waals surface area contributed by atoms with Crippen LogP contribution in [0.5, 0.6) is 5.88 Å². The Bertz CT molecular complexity index is 1060. The number of hydrogen-bond acceptors (Lipinski definition) is 5. The van der Waals surface area contributed by atoms with E-state index in [1.807, 2.05) is 27.0 Å². The highest BCUT2D eigenvalue weighted by molar-refractivity contribution is 5.97. The molecule has 0 radical (unpaired) electrons. The van der Waals surface area contributed by atoms with E-state index in [9.17, 15) is 14.7 Å². The number of amides is 1. The molecule has 0 aliphatic heterocycles. The fourth-order valence-electron chi connectivity index (χ4n) is 3.54. The Morgan fingerprint density at radius 2 is 1.90 bits per heavy atom. The van der Waals surface area contributed by atoms with E-state index in [1.54, 1.807) is 36.1 Å². The van der Waals surface area contributed by atoms with E-state index in [4.69, 9.17) is 4.74 Å². The number of carboxylic acids is 1. The van der Waals surface area contributed by atoms with Gasteiger partial charge in [0.25, 0.3) is 0 Å². The molecule has 3 rings (SSSR count). The Kier molecular flexibility index (Phi) is 5.81. The van der Waals surface area contributed by atoms with Crippen LogP contribution in [0.3, 0.4) is 0 Å². The maximum atomic E-state index is 12.9. The predicted octanol–water partition coefficient (Wildman–Crippen LogP) is 2.64. The third-order valence-corrected chi connectivity index (χ3v) is 4.97. The second-order valence-corrected chi connectivity index (χ2v) is 6.84. The van der Waals surface area contributed by atoms with Crippen LogP contribution in [0.1, 0.15) is 23.2 Å². The fraction of sp³-hybridized carbons (Fsp3) is 0.333. The van der Waals surface area contributed by atoms with Gasteiger partial charge in [-0.15, -0.1) is 5.10 Å². The smallest absolute Gasteiger partial charge is 0.323 e. The molecule has 0 fully saturated rings. The number of aryl methyl sites for hydroxylation is 3. The molecule has 0 spiro atoms. The maximum absolute atomic E-state index is 12.9. The lowest BCUT2D eigenvalue weighted by Crippen LogP contribution is -2.35. The van der Waals surface area contributed by atoms with E-state index in [-0.39, 0.29) is 18.9 Å². The Morgan fingerprint density at radius 3 is 2.52 bits per heavy atom. The highest BCUT2D eigenvalue weighted by Gasteiger charge is 2.21. The van der Waals surface area contributed by atoms with E-state index in [2.05, 4.69) is 10.1 Å². The van der Waals surface area contributed by atoms with Crippen LogP contribution in [-0.2, 0) is 23.1 Å². The monoisotopic (exact) mass is 396 g/mol. The summed E-state index contributed by atoms with van der Waals surface area (Å²) >= 11 is 0. The van der Waals surface area contributed by atoms with Crippen LogP contribution in [0.2, 0.25) is 0 Å². The van der Waals surface area contributed by atoms with Gasteiger partial charge in [0.2, 0.25) is 11.8 Å². The van der Waals surface area contributed by atoms with Gasteiger partial charge in [-0.25, -0.2) is 9.67 Å². The summed E-state index contributed by atoms with van der Waals surface area (Å²) in [6.45, 7) is 3.49. The fourth-order valence-corrected chi connectivity index (χ4v) is 3.54. The van der Waals surface area contributed by atoms with Gasteiger partial charge in [-0.3, -0.25) is 9.59 Å². The quantitative estimate of drug-likeness (QED) is 0.659. The van der Waals surface area contributed by atoms with Gasteiger partial charge in [0.15, 0.2) is 5.65 Å². The van der Waals surface area contributed by atoms with Crippen LogP contribution in [0, 0.1) is 13.8 Å². The van der Waals surface area contributed by atoms with Crippen LogP contribution in [0.15, 0.2) is 30.3 Å². The third-order valence-electron chi connectivity index (χ3n) is 4.97. The van der Waals surface area contributed by atoms with Crippen LogP contribution < -0.4 is 9.64 Å². The van der Waals surface area contributed by atoms with Gasteiger partial charge in [0.05, 0.1) is 12.5 Å². The van der Waals surface area contributed by atoms with Crippen LogP contribution in [0.4, 0.5) is 5.69 Å². The molecule has 1 N–H and O–H groups in total. The summed E-state index contributed by atoms with van der Waals surface area (Å²) in [6.07, 6.45) is 0.611. The number of benzene rings is 1. The largest absolute Gasteiger partial charge is 0.480 e. The van der Waals surface area contributed by atoms with E-state index in [1.165, 1.54) is 4.90 Å². The second kappa shape index (κ2) is 8.30. The minimum atomic E-state index is -1.06. The van der Waals surface area contributed by atoms with Crippen molar-refractivity contribution in [2.24, 2.45) is 7.05 Å². The number of ether oxygens (including phenoxy) is 1. The second-order valence-electron chi connectivity index (χ2n) is 6.84. The van der Waals surface area contributed by atoms with Crippen molar-refractivity contribution >= 4 is 28.6 Å². The van der Waals surface area contributed by atoms with Crippen molar-refractivity contribution in [2.45, 2.75) is 26.7 Å². The molecule has 0 aliphatic carbocycles. The van der Waals surface area contributed by atoms with Crippen molar-refractivity contribution in [1.29, 1.82) is 0 Å². The highest BCUT2D eigenvalue weighted by atomic mass is 16.5. The Morgan fingerprint density at radius 1 is 1.21 bits per heavy atom. The SMILES string of the molecule is COc1nn(C)c2nc(C)c(CCC(=O)N(CC(=O)O)c3ccccc3)c(C)c12. The number of fused-ring (bicyclic) bond motifs is 1. The third kappa shape index (κ3) is 4.06. The Labute approximate surface area is 168 Å². The molecule has 8 heteroatoms. The van der Waals surface area contributed by atoms with Gasteiger partial charge in [0, 0.05) is 24.8 Å². The molecular formula is C21H24N4O4. The van der Waals surface area contributed by atoms with E-state index in [0.717, 1.165) is 27.9 Å². The number of nitrogens with zero attached hydrogens (tertiary/aromatic N) is 4. The lowest BCUT2D eigenvalue weighted by molar-refractivity contribution is -0.136. The molecule has 2 heterocycles. The first kappa shape index (κ1) is 20.3. The zero-order chi connectivity index (χ0) is 21.1. The predicted molar refractivity (Wildman–Crippen MR) is 109 cm³/mol. The lowest BCUT2D eigenvalue weighted by atomic mass is 10.00. The Hall–Kier alpha value is -3.42. The number of pyridine rings is 1. The molecule has 0 bridgehead atoms. The van der Waals surface area contributed by atoms with Gasteiger partial charge in [-0.2, -0.15) is 0 Å². The van der Waals surface area contributed by atoms with Crippen molar-refractivity contribution in [2.75, 3.05) is 18.6 Å². The molecular weight excluding hydrogens is 372 g/mol. The molecule has 8 nitrogen and oxygen atoms in total. The molecule has 2 aromatic heterocycles. The van der Waals surface area contributed by atoms with Gasteiger partial charge >= 0.3 is 5.97 Å². The number of rotatable bonds is 7. The standard InChI is InChI=1S/C21H24N4O4/c1-13-16(14(2)22-20-19(13)21(29-4)23-24(20)3)10-11-17(26)25(12-18(27)28)15-8-6-5-7-9-15/h5-9H,10-12H2,1-4H3,(H,27,28). The van der Waals surface area contributed by atoms with Crippen molar-refractivity contribution in [3.63, 3.8) is 0 Å². The summed E-state index contributed by atoms with van der Waals surface area (Å²) in [5.74, 6) is -0.815. The van der Waals surface area contributed by atoms with Gasteiger partial charge in [-0.05, 0) is 43.5 Å². The first-order chi connectivity index (χ1) is 13.8. The summed E-state index contributed by atoms with van der Waals surface area (Å²) in [7, 11) is 3.37. The number of aliphatic carboxylic acids is 1. The molecule has 1 amide bonds. The van der Waals surface area contributed by atoms with E-state index in [0.29, 0.717) is 18.0 Å². The summed E-state index contributed by atoms with van der Waals surface area (Å²) in [5, 5.41) is 14.4. The molecule has 0 saturated heterocycles. The maximum Gasteiger partial charge on any atom is 0.323 e. The molecule has 29 heavy (non-hydrogen) atoms. The van der Waals surface area contributed by atoms with Crippen molar-refractivity contribution in [3.8, 4) is 5.88 Å². The number of para-hydroxylation sites is 1. The van der Waals surface area contributed by atoms with Gasteiger partial charge in [0.1, 0.15) is 6.54 Å². The number of carbonyl (C=O) groups is 2. The zero-order valence-electron chi connectivity index (χ0n) is 17.0. The van der Waals surface area contributed by atoms with Gasteiger partial charge < -0.3 is 14.7 Å². The first-order valence-electron chi connectivity index (χ1n) is 9.27. The minimum Gasteiger partial charge on any atom is -0.480 e. The molecule has 0 atom stereocenters. The molecule has 1 aromatic carbocycles. The summed E-state index contributed by atoms with van der Waals surface area (Å²) < 4.78 is 7.05. The van der Waals surface area contributed by atoms with E-state index >= 15 is 0 Å². The van der Waals surface area contributed by atoms with Crippen LogP contribution in [-0.4, -0.2) is 45.4 Å². The summed E-state index contributed by atoms with van der Waals surface area (Å²) in [4.78, 5) is 30.1. The summed E-state index contributed by atoms with van der Waals surface area (Å²) in [6, 6.07) is 8.83. The summed E-state index contributed by atoms with van der Waals surface area (Å²) in [5.41, 5.74) is 4.02. The Balaban J connectivity index is 1.89. The van der Waals surface area contributed by atoms with Crippen molar-refractivity contribution in [1.82, 2.24) is 14.8 Å². The molecule has 152 valence electrons. The average molecular weight is 396 g/mol. The van der Waals surface area contributed by atoms with Gasteiger partial charge in [-0.1, -0.05) is 18.2 Å². The molecule has 0 unspecified atom stereocenters. The minimum absolute atomic E-state index is 0.166. The first-order valence-corrected chi connectivity index (χ1v) is 9.27. The number of carboxylic acid groups (broad SMARTS) is 1. The van der Waals surface area contributed by atoms with Crippen LogP contribution in [0.25, 0.3) is 11.0 Å². The van der Waals surface area contributed by atoms with Crippen LogP contribution >= 0.6 is 0 Å². The highest BCUT2D eigenvalue weighted by Crippen LogP contribution is 2.30. The van der Waals surface area contributed by atoms with Crippen molar-refractivity contribution < 1.29 is 19.4 Å². The topological polar surface area (TPSA) is 97.5 Å². The molecule has 3 aromatic rings. The molecule has 0 aliphatic rings. The number of carbonyl (C=O) groups excluding carboxylic acids is 1. The van der Waals surface area contributed by atoms with E-state index < -0.39 is 5.97 Å².